The number of hydrogen-bond acceptors (Lipinski definition) is 4. The second kappa shape index (κ2) is 6.82. The highest BCUT2D eigenvalue weighted by molar-refractivity contribution is 5.81. The van der Waals surface area contributed by atoms with Gasteiger partial charge in [-0.15, -0.1) is 0 Å². The van der Waals surface area contributed by atoms with E-state index in [9.17, 15) is 15.0 Å². The van der Waals surface area contributed by atoms with Crippen molar-refractivity contribution in [2.45, 2.75) is 118 Å². The molecule has 192 valence electrons. The summed E-state index contributed by atoms with van der Waals surface area (Å²) in [5.41, 5.74) is -0.192. The topological polar surface area (TPSA) is 66.8 Å². The standard InChI is InChI=1S/C30H48O4/c1-25(2)13-14-29-15-16-30(17-31)18(22(29)23(25)34-24(29)33)7-8-20-27(5)11-10-21(32)26(3,4)19(27)9-12-28(20,30)6/h18-23,31-32H,7-17H2,1-6H3/t18-,19+,20-,21+,22+,23-,27+,28-,29+,30+/m1/s1. The van der Waals surface area contributed by atoms with Gasteiger partial charge in [-0.2, -0.15) is 0 Å². The van der Waals surface area contributed by atoms with E-state index in [1.165, 1.54) is 6.42 Å². The molecule has 0 aromatic heterocycles. The molecule has 0 radical (unpaired) electrons. The lowest BCUT2D eigenvalue weighted by Crippen LogP contribution is -2.69. The first-order valence-electron chi connectivity index (χ1n) is 14.3. The fourth-order valence-electron chi connectivity index (χ4n) is 12.0. The average Bonchev–Trinajstić information content (AvgIpc) is 3.03. The third-order valence-corrected chi connectivity index (χ3v) is 14.0. The number of ether oxygens (including phenoxy) is 1. The molecule has 6 aliphatic rings. The number of aliphatic hydroxyl groups is 2. The second-order valence-electron chi connectivity index (χ2n) is 15.4. The Morgan fingerprint density at radius 2 is 1.56 bits per heavy atom. The zero-order chi connectivity index (χ0) is 24.5. The highest BCUT2D eigenvalue weighted by Gasteiger charge is 2.76. The first-order valence-corrected chi connectivity index (χ1v) is 14.3. The van der Waals surface area contributed by atoms with Crippen molar-refractivity contribution >= 4 is 5.97 Å². The van der Waals surface area contributed by atoms with Gasteiger partial charge in [-0.25, -0.2) is 0 Å². The summed E-state index contributed by atoms with van der Waals surface area (Å²) in [6, 6.07) is 0. The summed E-state index contributed by atoms with van der Waals surface area (Å²) >= 11 is 0. The van der Waals surface area contributed by atoms with Crippen LogP contribution < -0.4 is 0 Å². The van der Waals surface area contributed by atoms with Gasteiger partial charge in [0.15, 0.2) is 0 Å². The van der Waals surface area contributed by atoms with Crippen molar-refractivity contribution < 1.29 is 19.7 Å². The van der Waals surface area contributed by atoms with Crippen molar-refractivity contribution in [2.24, 2.45) is 56.2 Å². The van der Waals surface area contributed by atoms with Crippen molar-refractivity contribution in [1.82, 2.24) is 0 Å². The molecule has 1 heterocycles. The maximum absolute atomic E-state index is 13.4. The van der Waals surface area contributed by atoms with Crippen molar-refractivity contribution in [1.29, 1.82) is 0 Å². The normalized spacial score (nSPS) is 57.0. The van der Waals surface area contributed by atoms with Gasteiger partial charge in [0.2, 0.25) is 0 Å². The Morgan fingerprint density at radius 3 is 2.26 bits per heavy atom. The molecule has 10 atom stereocenters. The van der Waals surface area contributed by atoms with Crippen LogP contribution in [-0.2, 0) is 9.53 Å². The van der Waals surface area contributed by atoms with E-state index in [4.69, 9.17) is 4.74 Å². The summed E-state index contributed by atoms with van der Waals surface area (Å²) in [5, 5.41) is 22.2. The molecule has 0 spiro atoms. The molecule has 1 saturated heterocycles. The maximum Gasteiger partial charge on any atom is 0.312 e. The Kier molecular flexibility index (Phi) is 4.77. The van der Waals surface area contributed by atoms with Gasteiger partial charge in [0.05, 0.1) is 11.5 Å². The third kappa shape index (κ3) is 2.47. The van der Waals surface area contributed by atoms with E-state index in [0.29, 0.717) is 17.8 Å². The van der Waals surface area contributed by atoms with E-state index in [1.54, 1.807) is 0 Å². The summed E-state index contributed by atoms with van der Waals surface area (Å²) < 4.78 is 6.24. The van der Waals surface area contributed by atoms with Gasteiger partial charge >= 0.3 is 5.97 Å². The van der Waals surface area contributed by atoms with E-state index in [0.717, 1.165) is 57.8 Å². The first kappa shape index (κ1) is 23.8. The molecule has 2 bridgehead atoms. The minimum Gasteiger partial charge on any atom is -0.461 e. The number of esters is 1. The Labute approximate surface area is 206 Å². The molecule has 5 saturated carbocycles. The predicted octanol–water partition coefficient (Wildman–Crippen LogP) is 5.74. The molecule has 0 unspecified atom stereocenters. The zero-order valence-electron chi connectivity index (χ0n) is 22.5. The molecule has 5 aliphatic carbocycles. The number of carbonyl (C=O) groups is 1. The Balaban J connectivity index is 1.44. The van der Waals surface area contributed by atoms with Crippen molar-refractivity contribution in [3.8, 4) is 0 Å². The van der Waals surface area contributed by atoms with E-state index in [-0.39, 0.29) is 63.2 Å². The van der Waals surface area contributed by atoms with E-state index in [2.05, 4.69) is 41.5 Å². The van der Waals surface area contributed by atoms with Gasteiger partial charge < -0.3 is 14.9 Å². The highest BCUT2D eigenvalue weighted by Crippen LogP contribution is 2.78. The van der Waals surface area contributed by atoms with Crippen LogP contribution in [0, 0.1) is 56.2 Å². The summed E-state index contributed by atoms with van der Waals surface area (Å²) in [4.78, 5) is 13.4. The van der Waals surface area contributed by atoms with Crippen molar-refractivity contribution in [3.63, 3.8) is 0 Å². The molecule has 1 aliphatic heterocycles. The zero-order valence-corrected chi connectivity index (χ0v) is 22.5. The summed E-state index contributed by atoms with van der Waals surface area (Å²) in [7, 11) is 0. The predicted molar refractivity (Wildman–Crippen MR) is 132 cm³/mol. The smallest absolute Gasteiger partial charge is 0.312 e. The van der Waals surface area contributed by atoms with Crippen LogP contribution in [0.2, 0.25) is 0 Å². The van der Waals surface area contributed by atoms with Crippen LogP contribution in [-0.4, -0.2) is 35.0 Å². The number of fused-ring (bicyclic) bond motifs is 5. The molecule has 0 aromatic carbocycles. The molecule has 0 amide bonds. The Morgan fingerprint density at radius 1 is 0.853 bits per heavy atom. The Bertz CT molecular complexity index is 894. The van der Waals surface area contributed by atoms with Gasteiger partial charge in [-0.05, 0) is 98.2 Å². The lowest BCUT2D eigenvalue weighted by atomic mass is 9.31. The van der Waals surface area contributed by atoms with Crippen LogP contribution in [0.1, 0.15) is 106 Å². The van der Waals surface area contributed by atoms with Crippen LogP contribution >= 0.6 is 0 Å². The summed E-state index contributed by atoms with van der Waals surface area (Å²) in [5.74, 6) is 1.79. The second-order valence-corrected chi connectivity index (χ2v) is 15.4. The Hall–Kier alpha value is -0.610. The minimum atomic E-state index is -0.301. The molecule has 6 fully saturated rings. The van der Waals surface area contributed by atoms with Crippen LogP contribution in [0.4, 0.5) is 0 Å². The minimum absolute atomic E-state index is 0.000752. The van der Waals surface area contributed by atoms with Gasteiger partial charge in [0, 0.05) is 23.4 Å². The van der Waals surface area contributed by atoms with Crippen molar-refractivity contribution in [3.05, 3.63) is 0 Å². The molecule has 0 aromatic rings. The molecule has 34 heavy (non-hydrogen) atoms. The van der Waals surface area contributed by atoms with Crippen LogP contribution in [0.3, 0.4) is 0 Å². The summed E-state index contributed by atoms with van der Waals surface area (Å²) in [6.07, 6.45) is 10.2. The number of aliphatic hydroxyl groups excluding tert-OH is 2. The number of hydrogen-bond donors (Lipinski definition) is 2. The fourth-order valence-corrected chi connectivity index (χ4v) is 12.0. The van der Waals surface area contributed by atoms with Gasteiger partial charge in [-0.3, -0.25) is 4.79 Å². The lowest BCUT2D eigenvalue weighted by molar-refractivity contribution is -0.266. The number of rotatable bonds is 1. The van der Waals surface area contributed by atoms with Crippen LogP contribution in [0.5, 0.6) is 0 Å². The third-order valence-electron chi connectivity index (χ3n) is 14.0. The van der Waals surface area contributed by atoms with Crippen LogP contribution in [0.25, 0.3) is 0 Å². The largest absolute Gasteiger partial charge is 0.461 e. The van der Waals surface area contributed by atoms with Crippen LogP contribution in [0.15, 0.2) is 0 Å². The molecule has 6 rings (SSSR count). The molecule has 2 N–H and O–H groups in total. The highest BCUT2D eigenvalue weighted by atomic mass is 16.6. The SMILES string of the molecule is CC1(C)CC[C@]23CC[C@]4(CO)[C@H](CC[C@@H]5[C@@]6(C)CC[C@H](O)C(C)(C)[C@@H]6CC[C@]54C)[C@H]2[C@H]1OC3=O. The van der Waals surface area contributed by atoms with E-state index in [1.807, 2.05) is 0 Å². The van der Waals surface area contributed by atoms with E-state index < -0.39 is 0 Å². The fraction of sp³-hybridized carbons (Fsp3) is 0.967. The molecule has 4 heteroatoms. The molecule has 4 nitrogen and oxygen atoms in total. The quantitative estimate of drug-likeness (QED) is 0.478. The first-order chi connectivity index (χ1) is 15.8. The van der Waals surface area contributed by atoms with Crippen molar-refractivity contribution in [2.75, 3.05) is 6.61 Å². The maximum atomic E-state index is 13.4. The summed E-state index contributed by atoms with van der Waals surface area (Å²) in [6.45, 7) is 14.5. The molecular formula is C30H48O4. The number of carbonyl (C=O) groups excluding carboxylic acids is 1. The van der Waals surface area contributed by atoms with E-state index >= 15 is 0 Å². The monoisotopic (exact) mass is 472 g/mol. The van der Waals surface area contributed by atoms with Gasteiger partial charge in [-0.1, -0.05) is 41.5 Å². The lowest BCUT2D eigenvalue weighted by Gasteiger charge is -2.73. The average molecular weight is 473 g/mol. The molecular weight excluding hydrogens is 424 g/mol. The van der Waals surface area contributed by atoms with Gasteiger partial charge in [0.25, 0.3) is 0 Å². The van der Waals surface area contributed by atoms with Gasteiger partial charge in [0.1, 0.15) is 6.10 Å².